The van der Waals surface area contributed by atoms with E-state index in [-0.39, 0.29) is 0 Å². The molecule has 6 heteroatoms. The molecule has 0 aliphatic heterocycles. The fourth-order valence-electron chi connectivity index (χ4n) is 1.22. The van der Waals surface area contributed by atoms with E-state index in [9.17, 15) is 13.2 Å². The largest absolute Gasteiger partial charge is 0.468 e. The van der Waals surface area contributed by atoms with Crippen LogP contribution in [0.15, 0.2) is 24.3 Å². The van der Waals surface area contributed by atoms with Gasteiger partial charge in [-0.25, -0.2) is 0 Å². The molecule has 0 aliphatic rings. The third kappa shape index (κ3) is 6.13. The van der Waals surface area contributed by atoms with Gasteiger partial charge in [-0.2, -0.15) is 13.2 Å². The Bertz CT molecular complexity index is 342. The number of ether oxygens (including phenoxy) is 2. The summed E-state index contributed by atoms with van der Waals surface area (Å²) in [5.41, 5.74) is 6.36. The third-order valence-corrected chi connectivity index (χ3v) is 1.91. The average Bonchev–Trinajstić information content (AvgIpc) is 2.24. The van der Waals surface area contributed by atoms with E-state index >= 15 is 0 Å². The van der Waals surface area contributed by atoms with Gasteiger partial charge in [0.25, 0.3) is 0 Å². The van der Waals surface area contributed by atoms with E-state index in [1.807, 2.05) is 6.07 Å². The van der Waals surface area contributed by atoms with Gasteiger partial charge in [0.1, 0.15) is 12.4 Å². The zero-order chi connectivity index (χ0) is 12.7. The minimum atomic E-state index is -4.33. The normalized spacial score (nSPS) is 11.5. The first-order valence-corrected chi connectivity index (χ1v) is 5.07. The fourth-order valence-corrected chi connectivity index (χ4v) is 1.22. The standard InChI is InChI=1S/C11H14F3NO2/c12-11(13,14)7-16-8-17-10-3-1-2-9(6-10)4-5-15/h1-3,6H,4-5,7-8,15H2. The maximum Gasteiger partial charge on any atom is 0.411 e. The molecule has 17 heavy (non-hydrogen) atoms. The molecule has 2 N–H and O–H groups in total. The predicted octanol–water partition coefficient (Wildman–Crippen LogP) is 2.10. The minimum absolute atomic E-state index is 0.425. The Kier molecular flexibility index (Phi) is 5.24. The summed E-state index contributed by atoms with van der Waals surface area (Å²) >= 11 is 0. The van der Waals surface area contributed by atoms with Crippen molar-refractivity contribution in [1.29, 1.82) is 0 Å². The molecule has 0 radical (unpaired) electrons. The highest BCUT2D eigenvalue weighted by molar-refractivity contribution is 5.28. The van der Waals surface area contributed by atoms with Crippen LogP contribution < -0.4 is 10.5 Å². The van der Waals surface area contributed by atoms with Gasteiger partial charge in [-0.05, 0) is 30.7 Å². The van der Waals surface area contributed by atoms with Crippen LogP contribution in [0.2, 0.25) is 0 Å². The summed E-state index contributed by atoms with van der Waals surface area (Å²) in [7, 11) is 0. The summed E-state index contributed by atoms with van der Waals surface area (Å²) in [6.07, 6.45) is -3.63. The van der Waals surface area contributed by atoms with E-state index in [0.717, 1.165) is 5.56 Å². The lowest BCUT2D eigenvalue weighted by atomic mass is 10.1. The molecule has 0 unspecified atom stereocenters. The molecule has 1 aromatic carbocycles. The number of benzene rings is 1. The molecule has 1 aromatic rings. The van der Waals surface area contributed by atoms with Gasteiger partial charge in [0.2, 0.25) is 0 Å². The lowest BCUT2D eigenvalue weighted by Crippen LogP contribution is -2.19. The lowest BCUT2D eigenvalue weighted by Gasteiger charge is -2.10. The van der Waals surface area contributed by atoms with E-state index in [2.05, 4.69) is 4.74 Å². The first kappa shape index (κ1) is 13.8. The second-order valence-electron chi connectivity index (χ2n) is 3.41. The van der Waals surface area contributed by atoms with Crippen LogP contribution in [0.25, 0.3) is 0 Å². The van der Waals surface area contributed by atoms with Gasteiger partial charge >= 0.3 is 6.18 Å². The van der Waals surface area contributed by atoms with Gasteiger partial charge < -0.3 is 15.2 Å². The highest BCUT2D eigenvalue weighted by Gasteiger charge is 2.27. The summed E-state index contributed by atoms with van der Waals surface area (Å²) in [6.45, 7) is -1.23. The zero-order valence-corrected chi connectivity index (χ0v) is 9.17. The van der Waals surface area contributed by atoms with Gasteiger partial charge in [-0.15, -0.1) is 0 Å². The molecule has 0 amide bonds. The van der Waals surface area contributed by atoms with E-state index in [0.29, 0.717) is 18.7 Å². The van der Waals surface area contributed by atoms with Crippen molar-refractivity contribution in [2.75, 3.05) is 19.9 Å². The molecule has 1 rings (SSSR count). The van der Waals surface area contributed by atoms with Gasteiger partial charge in [-0.3, -0.25) is 0 Å². The van der Waals surface area contributed by atoms with Crippen molar-refractivity contribution in [2.45, 2.75) is 12.6 Å². The number of hydrogen-bond donors (Lipinski definition) is 1. The van der Waals surface area contributed by atoms with Crippen molar-refractivity contribution < 1.29 is 22.6 Å². The van der Waals surface area contributed by atoms with Gasteiger partial charge in [0.05, 0.1) is 0 Å². The van der Waals surface area contributed by atoms with Crippen molar-refractivity contribution in [3.63, 3.8) is 0 Å². The summed E-state index contributed by atoms with van der Waals surface area (Å²) in [6, 6.07) is 7.00. The fraction of sp³-hybridized carbons (Fsp3) is 0.455. The quantitative estimate of drug-likeness (QED) is 0.620. The molecule has 0 saturated carbocycles. The number of nitrogens with two attached hydrogens (primary N) is 1. The van der Waals surface area contributed by atoms with Crippen LogP contribution in [0.4, 0.5) is 13.2 Å². The van der Waals surface area contributed by atoms with Crippen LogP contribution in [0.1, 0.15) is 5.56 Å². The third-order valence-electron chi connectivity index (χ3n) is 1.91. The number of alkyl halides is 3. The van der Waals surface area contributed by atoms with Crippen LogP contribution in [-0.2, 0) is 11.2 Å². The van der Waals surface area contributed by atoms with Crippen LogP contribution in [0.5, 0.6) is 5.75 Å². The van der Waals surface area contributed by atoms with Gasteiger partial charge in [0.15, 0.2) is 6.79 Å². The molecular formula is C11H14F3NO2. The van der Waals surface area contributed by atoms with E-state index in [4.69, 9.17) is 10.5 Å². The number of halogens is 3. The molecule has 0 bridgehead atoms. The molecule has 0 aromatic heterocycles. The Balaban J connectivity index is 2.34. The lowest BCUT2D eigenvalue weighted by molar-refractivity contribution is -0.186. The van der Waals surface area contributed by atoms with Crippen LogP contribution in [-0.4, -0.2) is 26.1 Å². The first-order valence-electron chi connectivity index (χ1n) is 5.07. The second kappa shape index (κ2) is 6.46. The van der Waals surface area contributed by atoms with Crippen LogP contribution >= 0.6 is 0 Å². The molecule has 0 heterocycles. The minimum Gasteiger partial charge on any atom is -0.468 e. The topological polar surface area (TPSA) is 44.5 Å². The van der Waals surface area contributed by atoms with E-state index in [1.54, 1.807) is 18.2 Å². The summed E-state index contributed by atoms with van der Waals surface area (Å²) in [4.78, 5) is 0. The molecule has 0 spiro atoms. The maximum atomic E-state index is 11.8. The van der Waals surface area contributed by atoms with Crippen molar-refractivity contribution in [3.05, 3.63) is 29.8 Å². The Morgan fingerprint density at radius 2 is 2.00 bits per heavy atom. The smallest absolute Gasteiger partial charge is 0.411 e. The Morgan fingerprint density at radius 3 is 2.65 bits per heavy atom. The molecule has 0 aliphatic carbocycles. The number of hydrogen-bond acceptors (Lipinski definition) is 3. The van der Waals surface area contributed by atoms with Gasteiger partial charge in [0, 0.05) is 0 Å². The van der Waals surface area contributed by atoms with Crippen LogP contribution in [0, 0.1) is 0 Å². The molecule has 0 atom stereocenters. The molecule has 0 saturated heterocycles. The highest BCUT2D eigenvalue weighted by Crippen LogP contribution is 2.16. The monoisotopic (exact) mass is 249 g/mol. The zero-order valence-electron chi connectivity index (χ0n) is 9.17. The highest BCUT2D eigenvalue weighted by atomic mass is 19.4. The Labute approximate surface area is 97.3 Å². The summed E-state index contributed by atoms with van der Waals surface area (Å²) in [5, 5.41) is 0. The van der Waals surface area contributed by atoms with Gasteiger partial charge in [-0.1, -0.05) is 12.1 Å². The molecule has 96 valence electrons. The SMILES string of the molecule is NCCc1cccc(OCOCC(F)(F)F)c1. The summed E-state index contributed by atoms with van der Waals surface area (Å²) in [5.74, 6) is 0.470. The number of rotatable bonds is 6. The molecular weight excluding hydrogens is 235 g/mol. The molecule has 0 fully saturated rings. The van der Waals surface area contributed by atoms with Crippen molar-refractivity contribution in [3.8, 4) is 5.75 Å². The van der Waals surface area contributed by atoms with Crippen molar-refractivity contribution >= 4 is 0 Å². The predicted molar refractivity (Wildman–Crippen MR) is 56.7 cm³/mol. The molecule has 3 nitrogen and oxygen atoms in total. The van der Waals surface area contributed by atoms with E-state index in [1.165, 1.54) is 0 Å². The second-order valence-corrected chi connectivity index (χ2v) is 3.41. The van der Waals surface area contributed by atoms with Crippen molar-refractivity contribution in [2.24, 2.45) is 5.73 Å². The Hall–Kier alpha value is -1.27. The maximum absolute atomic E-state index is 11.8. The Morgan fingerprint density at radius 1 is 1.24 bits per heavy atom. The summed E-state index contributed by atoms with van der Waals surface area (Å²) < 4.78 is 44.6. The average molecular weight is 249 g/mol. The van der Waals surface area contributed by atoms with E-state index < -0.39 is 19.6 Å². The van der Waals surface area contributed by atoms with Crippen molar-refractivity contribution in [1.82, 2.24) is 0 Å². The first-order chi connectivity index (χ1) is 8.01. The van der Waals surface area contributed by atoms with Crippen LogP contribution in [0.3, 0.4) is 0 Å².